The van der Waals surface area contributed by atoms with Gasteiger partial charge >= 0.3 is 0 Å². The van der Waals surface area contributed by atoms with Gasteiger partial charge in [0.15, 0.2) is 0 Å². The average Bonchev–Trinajstić information content (AvgIpc) is 2.76. The van der Waals surface area contributed by atoms with Gasteiger partial charge in [0.1, 0.15) is 11.9 Å². The lowest BCUT2D eigenvalue weighted by molar-refractivity contribution is 0.179. The van der Waals surface area contributed by atoms with E-state index in [1.807, 2.05) is 7.05 Å². The predicted octanol–water partition coefficient (Wildman–Crippen LogP) is 3.64. The van der Waals surface area contributed by atoms with Crippen molar-refractivity contribution in [2.45, 2.75) is 58.1 Å². The number of ether oxygens (including phenoxy) is 1. The van der Waals surface area contributed by atoms with Gasteiger partial charge in [-0.1, -0.05) is 19.9 Å². The van der Waals surface area contributed by atoms with Crippen LogP contribution in [0.3, 0.4) is 0 Å². The zero-order valence-electron chi connectivity index (χ0n) is 12.0. The van der Waals surface area contributed by atoms with E-state index in [-0.39, 0.29) is 0 Å². The second kappa shape index (κ2) is 5.75. The second-order valence-electron chi connectivity index (χ2n) is 5.66. The molecule has 2 rings (SSSR count). The summed E-state index contributed by atoms with van der Waals surface area (Å²) in [5, 5.41) is 3.35. The Hall–Kier alpha value is -1.02. The van der Waals surface area contributed by atoms with Gasteiger partial charge in [-0.3, -0.25) is 0 Å². The van der Waals surface area contributed by atoms with Crippen LogP contribution in [0.25, 0.3) is 0 Å². The third-order valence-electron chi connectivity index (χ3n) is 3.97. The number of nitrogens with one attached hydrogen (secondary N) is 1. The maximum Gasteiger partial charge on any atom is 0.120 e. The number of hydrogen-bond donors (Lipinski definition) is 1. The molecule has 1 fully saturated rings. The van der Waals surface area contributed by atoms with Crippen LogP contribution in [-0.4, -0.2) is 19.2 Å². The van der Waals surface area contributed by atoms with Gasteiger partial charge < -0.3 is 10.1 Å². The molecule has 0 radical (unpaired) electrons. The Morgan fingerprint density at radius 1 is 1.28 bits per heavy atom. The number of hydrogen-bond acceptors (Lipinski definition) is 2. The van der Waals surface area contributed by atoms with Crippen molar-refractivity contribution in [2.24, 2.45) is 0 Å². The van der Waals surface area contributed by atoms with Crippen molar-refractivity contribution in [3.05, 3.63) is 29.3 Å². The molecule has 0 saturated heterocycles. The van der Waals surface area contributed by atoms with E-state index in [1.165, 1.54) is 24.0 Å². The molecule has 0 spiro atoms. The molecular formula is C16H25NO. The quantitative estimate of drug-likeness (QED) is 0.877. The molecule has 2 nitrogen and oxygen atoms in total. The molecule has 1 aliphatic carbocycles. The fourth-order valence-electron chi connectivity index (χ4n) is 2.94. The molecule has 0 aliphatic heterocycles. The van der Waals surface area contributed by atoms with Crippen LogP contribution in [0.2, 0.25) is 0 Å². The van der Waals surface area contributed by atoms with E-state index in [4.69, 9.17) is 4.74 Å². The molecule has 0 aromatic heterocycles. The highest BCUT2D eigenvalue weighted by molar-refractivity contribution is 5.36. The molecule has 100 valence electrons. The summed E-state index contributed by atoms with van der Waals surface area (Å²) in [6.07, 6.45) is 3.99. The van der Waals surface area contributed by atoms with Crippen LogP contribution >= 0.6 is 0 Å². The minimum atomic E-state index is 0.333. The minimum absolute atomic E-state index is 0.333. The van der Waals surface area contributed by atoms with Crippen molar-refractivity contribution in [3.8, 4) is 5.75 Å². The highest BCUT2D eigenvalue weighted by atomic mass is 16.5. The van der Waals surface area contributed by atoms with E-state index < -0.39 is 0 Å². The van der Waals surface area contributed by atoms with Crippen LogP contribution in [0.1, 0.15) is 50.2 Å². The molecule has 1 aliphatic rings. The summed E-state index contributed by atoms with van der Waals surface area (Å²) >= 11 is 0. The Morgan fingerprint density at radius 2 is 2.06 bits per heavy atom. The van der Waals surface area contributed by atoms with E-state index in [0.717, 1.165) is 12.2 Å². The Balaban J connectivity index is 2.08. The topological polar surface area (TPSA) is 21.3 Å². The molecule has 2 unspecified atom stereocenters. The van der Waals surface area contributed by atoms with Crippen molar-refractivity contribution >= 4 is 0 Å². The summed E-state index contributed by atoms with van der Waals surface area (Å²) < 4.78 is 6.13. The van der Waals surface area contributed by atoms with Gasteiger partial charge in [0.05, 0.1) is 0 Å². The van der Waals surface area contributed by atoms with Gasteiger partial charge in [-0.2, -0.15) is 0 Å². The van der Waals surface area contributed by atoms with E-state index in [9.17, 15) is 0 Å². The van der Waals surface area contributed by atoms with Gasteiger partial charge in [-0.15, -0.1) is 0 Å². The first-order valence-electron chi connectivity index (χ1n) is 7.06. The standard InChI is InChI=1S/C16H25NO/c1-11(2)14-9-8-13(10-12(14)3)18-16-7-5-6-15(16)17-4/h8-11,15-17H,5-7H2,1-4H3. The molecule has 2 atom stereocenters. The zero-order chi connectivity index (χ0) is 13.1. The fraction of sp³-hybridized carbons (Fsp3) is 0.625. The molecule has 1 aromatic rings. The highest BCUT2D eigenvalue weighted by Gasteiger charge is 2.27. The number of benzene rings is 1. The lowest BCUT2D eigenvalue weighted by Gasteiger charge is -2.21. The van der Waals surface area contributed by atoms with Crippen LogP contribution in [0.4, 0.5) is 0 Å². The van der Waals surface area contributed by atoms with Gasteiger partial charge in [-0.25, -0.2) is 0 Å². The van der Waals surface area contributed by atoms with Crippen LogP contribution in [-0.2, 0) is 0 Å². The maximum absolute atomic E-state index is 6.13. The zero-order valence-corrected chi connectivity index (χ0v) is 12.0. The molecule has 1 N–H and O–H groups in total. The normalized spacial score (nSPS) is 23.6. The molecule has 18 heavy (non-hydrogen) atoms. The van der Waals surface area contributed by atoms with Gasteiger partial charge in [0.25, 0.3) is 0 Å². The van der Waals surface area contributed by atoms with Crippen molar-refractivity contribution < 1.29 is 4.74 Å². The minimum Gasteiger partial charge on any atom is -0.489 e. The number of likely N-dealkylation sites (N-methyl/N-ethyl adjacent to an activating group) is 1. The SMILES string of the molecule is CNC1CCCC1Oc1ccc(C(C)C)c(C)c1. The number of rotatable bonds is 4. The van der Waals surface area contributed by atoms with Gasteiger partial charge in [-0.05, 0) is 62.4 Å². The van der Waals surface area contributed by atoms with E-state index in [2.05, 4.69) is 44.3 Å². The highest BCUT2D eigenvalue weighted by Crippen LogP contribution is 2.28. The molecule has 0 heterocycles. The van der Waals surface area contributed by atoms with Crippen LogP contribution < -0.4 is 10.1 Å². The monoisotopic (exact) mass is 247 g/mol. The summed E-state index contributed by atoms with van der Waals surface area (Å²) in [5.74, 6) is 1.60. The van der Waals surface area contributed by atoms with E-state index >= 15 is 0 Å². The van der Waals surface area contributed by atoms with Crippen LogP contribution in [0.5, 0.6) is 5.75 Å². The number of aryl methyl sites for hydroxylation is 1. The van der Waals surface area contributed by atoms with Crippen LogP contribution in [0.15, 0.2) is 18.2 Å². The van der Waals surface area contributed by atoms with Crippen molar-refractivity contribution in [3.63, 3.8) is 0 Å². The Morgan fingerprint density at radius 3 is 2.67 bits per heavy atom. The largest absolute Gasteiger partial charge is 0.489 e. The maximum atomic E-state index is 6.13. The molecule has 1 aromatic carbocycles. The Labute approximate surface area is 111 Å². The molecule has 1 saturated carbocycles. The van der Waals surface area contributed by atoms with Crippen molar-refractivity contribution in [1.29, 1.82) is 0 Å². The molecular weight excluding hydrogens is 222 g/mol. The predicted molar refractivity (Wildman–Crippen MR) is 76.4 cm³/mol. The third-order valence-corrected chi connectivity index (χ3v) is 3.97. The van der Waals surface area contributed by atoms with E-state index in [0.29, 0.717) is 18.1 Å². The lowest BCUT2D eigenvalue weighted by Crippen LogP contribution is -2.36. The first-order valence-corrected chi connectivity index (χ1v) is 7.06. The average molecular weight is 247 g/mol. The first-order chi connectivity index (χ1) is 8.61. The summed E-state index contributed by atoms with van der Waals surface area (Å²) in [6, 6.07) is 7.02. The molecule has 2 heteroatoms. The second-order valence-corrected chi connectivity index (χ2v) is 5.66. The first kappa shape index (κ1) is 13.4. The molecule has 0 amide bonds. The van der Waals surface area contributed by atoms with Gasteiger partial charge in [0, 0.05) is 6.04 Å². The van der Waals surface area contributed by atoms with Gasteiger partial charge in [0.2, 0.25) is 0 Å². The van der Waals surface area contributed by atoms with Crippen molar-refractivity contribution in [2.75, 3.05) is 7.05 Å². The summed E-state index contributed by atoms with van der Waals surface area (Å²) in [7, 11) is 2.03. The Kier molecular flexibility index (Phi) is 4.28. The summed E-state index contributed by atoms with van der Waals surface area (Å²) in [5.41, 5.74) is 2.75. The summed E-state index contributed by atoms with van der Waals surface area (Å²) in [4.78, 5) is 0. The smallest absolute Gasteiger partial charge is 0.120 e. The lowest BCUT2D eigenvalue weighted by atomic mass is 9.98. The van der Waals surface area contributed by atoms with E-state index in [1.54, 1.807) is 0 Å². The Bertz CT molecular complexity index is 400. The third kappa shape index (κ3) is 2.86. The van der Waals surface area contributed by atoms with Crippen molar-refractivity contribution in [1.82, 2.24) is 5.32 Å². The summed E-state index contributed by atoms with van der Waals surface area (Å²) in [6.45, 7) is 6.64. The van der Waals surface area contributed by atoms with Crippen LogP contribution in [0, 0.1) is 6.92 Å². The fourth-order valence-corrected chi connectivity index (χ4v) is 2.94. The molecule has 0 bridgehead atoms.